The summed E-state index contributed by atoms with van der Waals surface area (Å²) < 4.78 is 29.9. The Morgan fingerprint density at radius 1 is 1.20 bits per heavy atom. The average molecular weight is 508 g/mol. The summed E-state index contributed by atoms with van der Waals surface area (Å²) in [5.74, 6) is -0.726. The van der Waals surface area contributed by atoms with Gasteiger partial charge >= 0.3 is 0 Å². The van der Waals surface area contributed by atoms with Crippen molar-refractivity contribution in [3.63, 3.8) is 0 Å². The van der Waals surface area contributed by atoms with E-state index in [9.17, 15) is 18.0 Å². The van der Waals surface area contributed by atoms with Crippen LogP contribution < -0.4 is 5.32 Å². The third-order valence-electron chi connectivity index (χ3n) is 4.07. The summed E-state index contributed by atoms with van der Waals surface area (Å²) in [5.41, 5.74) is 0.618. The molecule has 1 heterocycles. The number of rotatable bonds is 7. The monoisotopic (exact) mass is 507 g/mol. The first-order valence-corrected chi connectivity index (χ1v) is 12.0. The van der Waals surface area contributed by atoms with Crippen LogP contribution in [0.5, 0.6) is 0 Å². The van der Waals surface area contributed by atoms with Gasteiger partial charge in [-0.05, 0) is 36.4 Å². The number of nitrogens with zero attached hydrogens (tertiary/aromatic N) is 2. The molecule has 1 saturated heterocycles. The lowest BCUT2D eigenvalue weighted by atomic mass is 10.2. The molecule has 3 rings (SSSR count). The highest BCUT2D eigenvalue weighted by molar-refractivity contribution is 9.10. The van der Waals surface area contributed by atoms with E-state index in [2.05, 4.69) is 32.2 Å². The lowest BCUT2D eigenvalue weighted by Crippen LogP contribution is -2.33. The zero-order valence-corrected chi connectivity index (χ0v) is 18.9. The van der Waals surface area contributed by atoms with Crippen molar-refractivity contribution in [3.8, 4) is 0 Å². The summed E-state index contributed by atoms with van der Waals surface area (Å²) >= 11 is 4.22. The van der Waals surface area contributed by atoms with E-state index < -0.39 is 15.3 Å². The van der Waals surface area contributed by atoms with Crippen molar-refractivity contribution >= 4 is 60.4 Å². The maximum Gasteiger partial charge on any atom is 0.284 e. The third kappa shape index (κ3) is 5.38. The van der Waals surface area contributed by atoms with Crippen LogP contribution in [-0.2, 0) is 19.6 Å². The molecule has 7 nitrogen and oxygen atoms in total. The number of nitrogens with one attached hydrogen (secondary N) is 1. The fourth-order valence-corrected chi connectivity index (χ4v) is 5.30. The smallest absolute Gasteiger partial charge is 0.284 e. The van der Waals surface area contributed by atoms with E-state index in [0.29, 0.717) is 5.69 Å². The highest BCUT2D eigenvalue weighted by Gasteiger charge is 2.39. The maximum atomic E-state index is 12.8. The van der Waals surface area contributed by atoms with Crippen LogP contribution in [0.25, 0.3) is 0 Å². The maximum absolute atomic E-state index is 12.8. The van der Waals surface area contributed by atoms with Crippen molar-refractivity contribution in [2.24, 2.45) is 4.40 Å². The number of amidine groups is 1. The fourth-order valence-electron chi connectivity index (χ4n) is 2.67. The van der Waals surface area contributed by atoms with Crippen molar-refractivity contribution in [1.82, 2.24) is 4.90 Å². The van der Waals surface area contributed by atoms with Gasteiger partial charge in [-0.1, -0.05) is 52.0 Å². The van der Waals surface area contributed by atoms with E-state index in [-0.39, 0.29) is 34.8 Å². The van der Waals surface area contributed by atoms with E-state index in [1.165, 1.54) is 23.1 Å². The molecular weight excluding hydrogens is 490 g/mol. The normalized spacial score (nSPS) is 17.9. The standard InChI is InChI=1S/C20H18BrN3O4S2/c1-2-12-24-19(26)17(13-18(25)22-15-6-4-3-5-7-15)29-20(24)23-30(27,28)16-10-8-14(21)9-11-16/h2-11,17H,1,12-13H2,(H,22,25)/t17-/m0/s1. The van der Waals surface area contributed by atoms with Crippen LogP contribution in [0.4, 0.5) is 5.69 Å². The van der Waals surface area contributed by atoms with Gasteiger partial charge in [0, 0.05) is 23.1 Å². The van der Waals surface area contributed by atoms with Crippen molar-refractivity contribution in [3.05, 3.63) is 71.7 Å². The summed E-state index contributed by atoms with van der Waals surface area (Å²) in [7, 11) is -4.02. The Bertz CT molecular complexity index is 1090. The number of sulfonamides is 1. The predicted molar refractivity (Wildman–Crippen MR) is 122 cm³/mol. The summed E-state index contributed by atoms with van der Waals surface area (Å²) in [6, 6.07) is 14.9. The number of carbonyl (C=O) groups is 2. The predicted octanol–water partition coefficient (Wildman–Crippen LogP) is 3.65. The molecule has 0 spiro atoms. The molecule has 2 aromatic carbocycles. The summed E-state index contributed by atoms with van der Waals surface area (Å²) in [6.45, 7) is 3.70. The number of hydrogen-bond donors (Lipinski definition) is 1. The summed E-state index contributed by atoms with van der Waals surface area (Å²) in [6.07, 6.45) is 1.37. The average Bonchev–Trinajstić information content (AvgIpc) is 2.97. The molecule has 1 N–H and O–H groups in total. The minimum atomic E-state index is -4.02. The van der Waals surface area contributed by atoms with Crippen molar-refractivity contribution < 1.29 is 18.0 Å². The molecule has 0 unspecified atom stereocenters. The Kier molecular flexibility index (Phi) is 7.11. The largest absolute Gasteiger partial charge is 0.326 e. The molecule has 1 atom stereocenters. The Labute approximate surface area is 187 Å². The van der Waals surface area contributed by atoms with Gasteiger partial charge in [0.05, 0.1) is 4.90 Å². The van der Waals surface area contributed by atoms with Crippen LogP contribution >= 0.6 is 27.7 Å². The Balaban J connectivity index is 1.80. The number of benzene rings is 2. The molecule has 0 bridgehead atoms. The number of hydrogen-bond acceptors (Lipinski definition) is 5. The van der Waals surface area contributed by atoms with Crippen LogP contribution in [0, 0.1) is 0 Å². The lowest BCUT2D eigenvalue weighted by molar-refractivity contribution is -0.127. The van der Waals surface area contributed by atoms with Crippen molar-refractivity contribution in [2.45, 2.75) is 16.6 Å². The van der Waals surface area contributed by atoms with Gasteiger partial charge in [0.2, 0.25) is 11.8 Å². The Morgan fingerprint density at radius 2 is 1.87 bits per heavy atom. The zero-order chi connectivity index (χ0) is 21.7. The first-order chi connectivity index (χ1) is 14.3. The first-order valence-electron chi connectivity index (χ1n) is 8.84. The van der Waals surface area contributed by atoms with Crippen LogP contribution in [0.2, 0.25) is 0 Å². The van der Waals surface area contributed by atoms with E-state index >= 15 is 0 Å². The fraction of sp³-hybridized carbons (Fsp3) is 0.150. The van der Waals surface area contributed by atoms with Gasteiger partial charge in [-0.15, -0.1) is 11.0 Å². The molecule has 30 heavy (non-hydrogen) atoms. The second-order valence-corrected chi connectivity index (χ2v) is 9.95. The second kappa shape index (κ2) is 9.59. The molecule has 0 aliphatic carbocycles. The van der Waals surface area contributed by atoms with Crippen LogP contribution in [0.15, 0.2) is 81.0 Å². The molecule has 2 amide bonds. The quantitative estimate of drug-likeness (QED) is 0.576. The summed E-state index contributed by atoms with van der Waals surface area (Å²) in [5, 5.41) is 1.98. The topological polar surface area (TPSA) is 95.9 Å². The van der Waals surface area contributed by atoms with Gasteiger partial charge < -0.3 is 5.32 Å². The van der Waals surface area contributed by atoms with Gasteiger partial charge in [-0.25, -0.2) is 0 Å². The summed E-state index contributed by atoms with van der Waals surface area (Å²) in [4.78, 5) is 26.3. The zero-order valence-electron chi connectivity index (χ0n) is 15.7. The van der Waals surface area contributed by atoms with E-state index in [1.54, 1.807) is 36.4 Å². The van der Waals surface area contributed by atoms with E-state index in [0.717, 1.165) is 16.2 Å². The minimum absolute atomic E-state index is 0.00933. The first kappa shape index (κ1) is 22.3. The Hall–Kier alpha value is -2.43. The molecule has 10 heteroatoms. The van der Waals surface area contributed by atoms with Crippen molar-refractivity contribution in [1.29, 1.82) is 0 Å². The number of thioether (sulfide) groups is 1. The van der Waals surface area contributed by atoms with Gasteiger partial charge in [0.25, 0.3) is 10.0 Å². The van der Waals surface area contributed by atoms with Crippen molar-refractivity contribution in [2.75, 3.05) is 11.9 Å². The van der Waals surface area contributed by atoms with Crippen LogP contribution in [-0.4, -0.2) is 42.1 Å². The van der Waals surface area contributed by atoms with E-state index in [1.807, 2.05) is 6.07 Å². The molecule has 0 aromatic heterocycles. The lowest BCUT2D eigenvalue weighted by Gasteiger charge is -2.13. The highest BCUT2D eigenvalue weighted by atomic mass is 79.9. The molecule has 2 aromatic rings. The SMILES string of the molecule is C=CCN1C(=O)[C@H](CC(=O)Nc2ccccc2)SC1=NS(=O)(=O)c1ccc(Br)cc1. The molecule has 1 aliphatic rings. The Morgan fingerprint density at radius 3 is 2.50 bits per heavy atom. The number of anilines is 1. The molecular formula is C20H18BrN3O4S2. The molecule has 1 aliphatic heterocycles. The van der Waals surface area contributed by atoms with Gasteiger partial charge in [0.1, 0.15) is 5.25 Å². The number of para-hydroxylation sites is 1. The third-order valence-corrected chi connectivity index (χ3v) is 7.17. The number of halogens is 1. The van der Waals surface area contributed by atoms with Crippen LogP contribution in [0.1, 0.15) is 6.42 Å². The molecule has 1 fully saturated rings. The van der Waals surface area contributed by atoms with Gasteiger partial charge in [-0.3, -0.25) is 14.5 Å². The van der Waals surface area contributed by atoms with Gasteiger partial charge in [-0.2, -0.15) is 8.42 Å². The van der Waals surface area contributed by atoms with Gasteiger partial charge in [0.15, 0.2) is 5.17 Å². The number of carbonyl (C=O) groups excluding carboxylic acids is 2. The second-order valence-electron chi connectivity index (χ2n) is 6.27. The highest BCUT2D eigenvalue weighted by Crippen LogP contribution is 2.31. The van der Waals surface area contributed by atoms with Crippen LogP contribution in [0.3, 0.4) is 0 Å². The molecule has 0 radical (unpaired) electrons. The van der Waals surface area contributed by atoms with E-state index in [4.69, 9.17) is 0 Å². The molecule has 0 saturated carbocycles. The minimum Gasteiger partial charge on any atom is -0.326 e. The molecule has 156 valence electrons. The number of amides is 2.